The number of hydrogen-bond donors (Lipinski definition) is 2. The van der Waals surface area contributed by atoms with Crippen LogP contribution in [0.15, 0.2) is 34.9 Å². The van der Waals surface area contributed by atoms with Gasteiger partial charge in [0.25, 0.3) is 0 Å². The number of thioether (sulfide) groups is 1. The molecule has 0 radical (unpaired) electrons. The molecule has 0 spiro atoms. The van der Waals surface area contributed by atoms with Crippen molar-refractivity contribution in [1.29, 1.82) is 10.7 Å². The number of carbonyl (C=O) groups is 1. The first-order valence-electron chi connectivity index (χ1n) is 5.99. The molecule has 0 saturated heterocycles. The first-order chi connectivity index (χ1) is 9.99. The van der Waals surface area contributed by atoms with Crippen LogP contribution in [-0.2, 0) is 9.53 Å². The normalized spacial score (nSPS) is 21.9. The van der Waals surface area contributed by atoms with Crippen LogP contribution in [0.5, 0.6) is 0 Å². The fraction of sp³-hybridized carbons (Fsp3) is 0.214. The van der Waals surface area contributed by atoms with Crippen molar-refractivity contribution in [2.24, 2.45) is 11.7 Å². The summed E-state index contributed by atoms with van der Waals surface area (Å²) in [6, 6.07) is 7.41. The molecule has 0 aromatic heterocycles. The average Bonchev–Trinajstić information content (AvgIpc) is 2.46. The van der Waals surface area contributed by atoms with Gasteiger partial charge in [-0.05, 0) is 17.7 Å². The minimum atomic E-state index is -0.951. The van der Waals surface area contributed by atoms with E-state index in [0.717, 1.165) is 11.8 Å². The van der Waals surface area contributed by atoms with Crippen LogP contribution < -0.4 is 5.73 Å². The lowest BCUT2D eigenvalue weighted by molar-refractivity contribution is -0.143. The van der Waals surface area contributed by atoms with Crippen LogP contribution in [0.2, 0.25) is 0 Å². The molecule has 0 amide bonds. The fourth-order valence-electron chi connectivity index (χ4n) is 2.23. The zero-order chi connectivity index (χ0) is 15.6. The molecule has 1 aliphatic rings. The maximum absolute atomic E-state index is 13.1. The van der Waals surface area contributed by atoms with Gasteiger partial charge in [-0.1, -0.05) is 23.9 Å². The Kier molecular flexibility index (Phi) is 4.29. The molecule has 5 nitrogen and oxygen atoms in total. The Labute approximate surface area is 125 Å². The number of allylic oxidation sites excluding steroid dienone is 1. The number of benzene rings is 1. The summed E-state index contributed by atoms with van der Waals surface area (Å²) >= 11 is 0.871. The third-order valence-corrected chi connectivity index (χ3v) is 4.13. The van der Waals surface area contributed by atoms with E-state index >= 15 is 0 Å². The lowest BCUT2D eigenvalue weighted by atomic mass is 9.81. The van der Waals surface area contributed by atoms with E-state index in [9.17, 15) is 14.4 Å². The number of rotatable bonds is 2. The van der Waals surface area contributed by atoms with E-state index in [1.54, 1.807) is 0 Å². The monoisotopic (exact) mass is 305 g/mol. The van der Waals surface area contributed by atoms with Crippen molar-refractivity contribution < 1.29 is 13.9 Å². The number of nitriles is 1. The largest absolute Gasteiger partial charge is 0.468 e. The van der Waals surface area contributed by atoms with Crippen molar-refractivity contribution in [1.82, 2.24) is 0 Å². The molecule has 0 aliphatic carbocycles. The molecule has 0 unspecified atom stereocenters. The van der Waals surface area contributed by atoms with E-state index < -0.39 is 23.6 Å². The summed E-state index contributed by atoms with van der Waals surface area (Å²) in [6.07, 6.45) is 0. The van der Waals surface area contributed by atoms with Crippen LogP contribution >= 0.6 is 11.8 Å². The Morgan fingerprint density at radius 1 is 1.48 bits per heavy atom. The number of esters is 1. The van der Waals surface area contributed by atoms with Crippen LogP contribution in [0, 0.1) is 28.5 Å². The lowest BCUT2D eigenvalue weighted by Gasteiger charge is -2.30. The van der Waals surface area contributed by atoms with E-state index in [0.29, 0.717) is 5.56 Å². The van der Waals surface area contributed by atoms with Gasteiger partial charge >= 0.3 is 5.97 Å². The Bertz CT molecular complexity index is 664. The third kappa shape index (κ3) is 2.76. The Balaban J connectivity index is 2.59. The van der Waals surface area contributed by atoms with E-state index in [1.807, 2.05) is 6.07 Å². The predicted molar refractivity (Wildman–Crippen MR) is 76.8 cm³/mol. The first kappa shape index (κ1) is 15.1. The molecule has 1 aliphatic heterocycles. The van der Waals surface area contributed by atoms with Gasteiger partial charge in [0.2, 0.25) is 0 Å². The van der Waals surface area contributed by atoms with Crippen LogP contribution in [-0.4, -0.2) is 18.1 Å². The zero-order valence-corrected chi connectivity index (χ0v) is 11.9. The number of carbonyl (C=O) groups excluding carboxylic acids is 1. The summed E-state index contributed by atoms with van der Waals surface area (Å²) in [5.74, 6) is -2.74. The fourth-order valence-corrected chi connectivity index (χ4v) is 3.11. The molecular formula is C14H12FN3O2S. The van der Waals surface area contributed by atoms with Crippen molar-refractivity contribution in [2.75, 3.05) is 7.11 Å². The Hall–Kier alpha value is -2.33. The molecule has 1 aromatic carbocycles. The van der Waals surface area contributed by atoms with Crippen molar-refractivity contribution in [2.45, 2.75) is 5.92 Å². The van der Waals surface area contributed by atoms with E-state index in [-0.39, 0.29) is 15.6 Å². The maximum Gasteiger partial charge on any atom is 0.316 e. The summed E-state index contributed by atoms with van der Waals surface area (Å²) in [5, 5.41) is 17.5. The second kappa shape index (κ2) is 5.97. The molecule has 1 aromatic rings. The lowest BCUT2D eigenvalue weighted by Crippen LogP contribution is -2.34. The summed E-state index contributed by atoms with van der Waals surface area (Å²) in [6.45, 7) is 0. The van der Waals surface area contributed by atoms with Crippen molar-refractivity contribution in [3.63, 3.8) is 0 Å². The number of hydrogen-bond acceptors (Lipinski definition) is 6. The van der Waals surface area contributed by atoms with Crippen LogP contribution in [0.4, 0.5) is 4.39 Å². The minimum Gasteiger partial charge on any atom is -0.468 e. The van der Waals surface area contributed by atoms with Gasteiger partial charge in [-0.15, -0.1) is 0 Å². The molecule has 2 rings (SSSR count). The summed E-state index contributed by atoms with van der Waals surface area (Å²) < 4.78 is 17.8. The van der Waals surface area contributed by atoms with E-state index in [4.69, 9.17) is 15.9 Å². The van der Waals surface area contributed by atoms with Gasteiger partial charge in [-0.25, -0.2) is 4.39 Å². The number of nitrogens with one attached hydrogen (secondary N) is 1. The summed E-state index contributed by atoms with van der Waals surface area (Å²) in [4.78, 5) is 12.0. The molecule has 2 atom stereocenters. The summed E-state index contributed by atoms with van der Waals surface area (Å²) in [5.41, 5.74) is 6.53. The Morgan fingerprint density at radius 2 is 2.10 bits per heavy atom. The quantitative estimate of drug-likeness (QED) is 0.815. The molecular weight excluding hydrogens is 293 g/mol. The SMILES string of the molecule is COC(=O)[C@@H]1C(=N)SC(N)=C(C#N)[C@@H]1c1ccc(F)cc1. The highest BCUT2D eigenvalue weighted by Gasteiger charge is 2.42. The van der Waals surface area contributed by atoms with Crippen molar-refractivity contribution in [3.05, 3.63) is 46.2 Å². The van der Waals surface area contributed by atoms with Gasteiger partial charge in [0, 0.05) is 5.92 Å². The average molecular weight is 305 g/mol. The van der Waals surface area contributed by atoms with Crippen LogP contribution in [0.1, 0.15) is 11.5 Å². The standard InChI is InChI=1S/C14H12FN3O2S/c1-20-14(19)11-10(7-2-4-8(15)5-3-7)9(6-16)12(17)21-13(11)18/h2-5,10-11,18H,17H2,1H3/t10-,11-/m0/s1. The van der Waals surface area contributed by atoms with Gasteiger partial charge in [0.15, 0.2) is 0 Å². The highest BCUT2D eigenvalue weighted by Crippen LogP contribution is 2.43. The smallest absolute Gasteiger partial charge is 0.316 e. The Morgan fingerprint density at radius 3 is 2.62 bits per heavy atom. The van der Waals surface area contributed by atoms with Gasteiger partial charge in [-0.3, -0.25) is 10.2 Å². The molecule has 0 fully saturated rings. The van der Waals surface area contributed by atoms with E-state index in [2.05, 4.69) is 0 Å². The molecule has 7 heteroatoms. The van der Waals surface area contributed by atoms with Crippen molar-refractivity contribution in [3.8, 4) is 6.07 Å². The minimum absolute atomic E-state index is 0.00711. The number of nitrogens with zero attached hydrogens (tertiary/aromatic N) is 1. The highest BCUT2D eigenvalue weighted by molar-refractivity contribution is 8.17. The number of ether oxygens (including phenoxy) is 1. The first-order valence-corrected chi connectivity index (χ1v) is 6.80. The van der Waals surface area contributed by atoms with Gasteiger partial charge in [-0.2, -0.15) is 5.26 Å². The van der Waals surface area contributed by atoms with Crippen LogP contribution in [0.25, 0.3) is 0 Å². The second-order valence-electron chi connectivity index (χ2n) is 4.39. The molecule has 1 heterocycles. The van der Waals surface area contributed by atoms with Gasteiger partial charge in [0.05, 0.1) is 28.8 Å². The van der Waals surface area contributed by atoms with Gasteiger partial charge < -0.3 is 10.5 Å². The molecule has 21 heavy (non-hydrogen) atoms. The maximum atomic E-state index is 13.1. The third-order valence-electron chi connectivity index (χ3n) is 3.22. The zero-order valence-electron chi connectivity index (χ0n) is 11.1. The number of nitrogens with two attached hydrogens (primary N) is 1. The number of halogens is 1. The van der Waals surface area contributed by atoms with Gasteiger partial charge in [0.1, 0.15) is 11.7 Å². The number of methoxy groups -OCH3 is 1. The van der Waals surface area contributed by atoms with E-state index in [1.165, 1.54) is 31.4 Å². The molecule has 0 saturated carbocycles. The summed E-state index contributed by atoms with van der Waals surface area (Å²) in [7, 11) is 1.22. The molecule has 108 valence electrons. The highest BCUT2D eigenvalue weighted by atomic mass is 32.2. The topological polar surface area (TPSA) is 100.0 Å². The van der Waals surface area contributed by atoms with Crippen molar-refractivity contribution >= 4 is 22.8 Å². The predicted octanol–water partition coefficient (Wildman–Crippen LogP) is 2.12. The van der Waals surface area contributed by atoms with Crippen LogP contribution in [0.3, 0.4) is 0 Å². The second-order valence-corrected chi connectivity index (χ2v) is 5.47. The molecule has 3 N–H and O–H groups in total. The molecule has 0 bridgehead atoms.